The molecule has 1 N–H and O–H groups in total. The molecular weight excluding hydrogens is 633 g/mol. The van der Waals surface area contributed by atoms with Crippen LogP contribution in [0.4, 0.5) is 8.78 Å². The Labute approximate surface area is 258 Å². The van der Waals surface area contributed by atoms with E-state index in [0.29, 0.717) is 37.0 Å². The number of ether oxygens (including phenoxy) is 1. The zero-order chi connectivity index (χ0) is 31.2. The maximum atomic E-state index is 14.8. The Morgan fingerprint density at radius 2 is 1.23 bits per heavy atom. The van der Waals surface area contributed by atoms with E-state index < -0.39 is 54.5 Å². The van der Waals surface area contributed by atoms with E-state index in [1.54, 1.807) is 12.1 Å². The van der Waals surface area contributed by atoms with Gasteiger partial charge in [0.2, 0.25) is 0 Å². The molecule has 0 aromatic heterocycles. The third-order valence-corrected chi connectivity index (χ3v) is 13.9. The van der Waals surface area contributed by atoms with Crippen LogP contribution in [0.25, 0.3) is 0 Å². The number of halogens is 2. The van der Waals surface area contributed by atoms with Crippen molar-refractivity contribution in [2.24, 2.45) is 23.2 Å². The van der Waals surface area contributed by atoms with Crippen molar-refractivity contribution in [1.29, 1.82) is 0 Å². The second kappa shape index (κ2) is 11.7. The van der Waals surface area contributed by atoms with Gasteiger partial charge in [-0.05, 0) is 105 Å². The van der Waals surface area contributed by atoms with Gasteiger partial charge >= 0.3 is 21.5 Å². The molecule has 4 aliphatic rings. The van der Waals surface area contributed by atoms with Crippen molar-refractivity contribution in [2.75, 3.05) is 6.61 Å². The Balaban J connectivity index is 1.11. The van der Waals surface area contributed by atoms with Gasteiger partial charge in [-0.2, -0.15) is 17.2 Å². The second-order valence-electron chi connectivity index (χ2n) is 11.9. The summed E-state index contributed by atoms with van der Waals surface area (Å²) >= 11 is 0. The van der Waals surface area contributed by atoms with Crippen LogP contribution in [0.5, 0.6) is 5.75 Å². The van der Waals surface area contributed by atoms with Crippen molar-refractivity contribution < 1.29 is 39.3 Å². The van der Waals surface area contributed by atoms with Crippen LogP contribution in [0.2, 0.25) is 0 Å². The van der Waals surface area contributed by atoms with Gasteiger partial charge in [0.15, 0.2) is 21.3 Å². The molecule has 0 saturated heterocycles. The molecule has 0 heterocycles. The summed E-state index contributed by atoms with van der Waals surface area (Å²) in [6.07, 6.45) is 4.70. The summed E-state index contributed by atoms with van der Waals surface area (Å²) in [4.78, 5) is 15.8. The Morgan fingerprint density at radius 1 is 0.773 bits per heavy atom. The quantitative estimate of drug-likeness (QED) is 0.207. The third kappa shape index (κ3) is 6.37. The average molecular weight is 665 g/mol. The summed E-state index contributed by atoms with van der Waals surface area (Å²) in [6, 6.07) is 25.2. The van der Waals surface area contributed by atoms with Gasteiger partial charge in [0.25, 0.3) is 10.0 Å². The lowest BCUT2D eigenvalue weighted by Gasteiger charge is -2.55. The highest BCUT2D eigenvalue weighted by atomic mass is 32.3. The van der Waals surface area contributed by atoms with E-state index in [-0.39, 0.29) is 5.75 Å². The first kappa shape index (κ1) is 31.0. The van der Waals surface area contributed by atoms with Gasteiger partial charge in [-0.1, -0.05) is 40.5 Å². The fraction of sp³-hybridized carbons (Fsp3) is 0.387. The van der Waals surface area contributed by atoms with E-state index in [1.807, 2.05) is 60.7 Å². The van der Waals surface area contributed by atoms with Gasteiger partial charge in [0.1, 0.15) is 5.75 Å². The molecule has 13 heteroatoms. The van der Waals surface area contributed by atoms with Crippen molar-refractivity contribution in [2.45, 2.75) is 58.5 Å². The number of nitrogens with one attached hydrogen (secondary N) is 1. The first-order valence-corrected chi connectivity index (χ1v) is 18.4. The topological polar surface area (TPSA) is 116 Å². The molecule has 0 atom stereocenters. The molecular formula is C31H32F2NO7S3+. The largest absolute Gasteiger partial charge is 0.458 e. The molecule has 4 fully saturated rings. The molecule has 0 radical (unpaired) electrons. The number of esters is 1. The predicted molar refractivity (Wildman–Crippen MR) is 160 cm³/mol. The highest BCUT2D eigenvalue weighted by molar-refractivity contribution is 8.03. The highest BCUT2D eigenvalue weighted by Crippen LogP contribution is 2.60. The second-order valence-corrected chi connectivity index (χ2v) is 17.3. The van der Waals surface area contributed by atoms with Crippen LogP contribution in [0.3, 0.4) is 0 Å². The zero-order valence-electron chi connectivity index (χ0n) is 23.6. The summed E-state index contributed by atoms with van der Waals surface area (Å²) in [5.41, 5.74) is -0.871. The Bertz CT molecular complexity index is 1640. The molecule has 0 aliphatic heterocycles. The number of benzene rings is 3. The van der Waals surface area contributed by atoms with Gasteiger partial charge in [-0.15, -0.1) is 0 Å². The number of hydrogen-bond donors (Lipinski definition) is 1. The zero-order valence-corrected chi connectivity index (χ0v) is 26.1. The molecule has 3 aromatic carbocycles. The lowest BCUT2D eigenvalue weighted by Crippen LogP contribution is -2.52. The van der Waals surface area contributed by atoms with Crippen molar-refractivity contribution >= 4 is 37.2 Å². The molecule has 234 valence electrons. The van der Waals surface area contributed by atoms with Gasteiger partial charge in [0.05, 0.1) is 16.3 Å². The number of carbonyl (C=O) groups excluding carboxylic acids is 1. The SMILES string of the molecule is O=C(OCC(F)(F)S(=O)(=O)NS(=O)(=O)Oc1ccc([S+](c2ccccc2)c2ccccc2)cc1)C12CC3CC(CC(C3)C1)C2. The number of hydrogen-bond acceptors (Lipinski definition) is 7. The molecule has 44 heavy (non-hydrogen) atoms. The summed E-state index contributed by atoms with van der Waals surface area (Å²) in [7, 11) is -11.6. The fourth-order valence-corrected chi connectivity index (χ4v) is 11.6. The summed E-state index contributed by atoms with van der Waals surface area (Å²) in [5, 5.41) is -4.72. The minimum Gasteiger partial charge on any atom is -0.458 e. The van der Waals surface area contributed by atoms with E-state index >= 15 is 0 Å². The van der Waals surface area contributed by atoms with Gasteiger partial charge in [0, 0.05) is 0 Å². The van der Waals surface area contributed by atoms with Crippen LogP contribution < -0.4 is 8.31 Å². The molecule has 0 spiro atoms. The molecule has 4 saturated carbocycles. The number of carbonyl (C=O) groups is 1. The first-order chi connectivity index (χ1) is 20.8. The molecule has 3 aromatic rings. The highest BCUT2D eigenvalue weighted by Gasteiger charge is 2.57. The lowest BCUT2D eigenvalue weighted by molar-refractivity contribution is -0.176. The minimum atomic E-state index is -5.86. The van der Waals surface area contributed by atoms with E-state index in [9.17, 15) is 30.4 Å². The lowest BCUT2D eigenvalue weighted by atomic mass is 9.49. The van der Waals surface area contributed by atoms with Crippen LogP contribution >= 0.6 is 0 Å². The van der Waals surface area contributed by atoms with Gasteiger partial charge in [-0.3, -0.25) is 4.79 Å². The predicted octanol–water partition coefficient (Wildman–Crippen LogP) is 5.68. The molecule has 8 nitrogen and oxygen atoms in total. The third-order valence-electron chi connectivity index (χ3n) is 8.67. The standard InChI is InChI=1S/C31H32F2NO7S3/c32-31(33,21-40-29(35)30-18-22-15-23(19-30)17-24(16-22)20-30)43(36,37)34-44(38,39)41-25-11-13-28(14-12-25)42(26-7-3-1-4-8-26)27-9-5-2-6-10-27/h1-14,22-24,34H,15-21H2/q+1. The molecule has 4 bridgehead atoms. The van der Waals surface area contributed by atoms with Crippen LogP contribution in [0, 0.1) is 23.2 Å². The normalized spacial score (nSPS) is 24.8. The molecule has 0 unspecified atom stereocenters. The maximum Gasteiger partial charge on any atom is 0.396 e. The van der Waals surface area contributed by atoms with Crippen molar-refractivity contribution in [1.82, 2.24) is 4.13 Å². The van der Waals surface area contributed by atoms with E-state index in [1.165, 1.54) is 12.1 Å². The summed E-state index contributed by atoms with van der Waals surface area (Å²) in [5.74, 6) is -0.0781. The Kier molecular flexibility index (Phi) is 8.27. The molecule has 7 rings (SSSR count). The molecule has 4 aliphatic carbocycles. The number of sulfonamides is 1. The van der Waals surface area contributed by atoms with Crippen molar-refractivity contribution in [3.63, 3.8) is 0 Å². The first-order valence-electron chi connectivity index (χ1n) is 14.3. The van der Waals surface area contributed by atoms with Crippen LogP contribution in [0.1, 0.15) is 38.5 Å². The van der Waals surface area contributed by atoms with Crippen LogP contribution in [0.15, 0.2) is 99.6 Å². The van der Waals surface area contributed by atoms with E-state index in [4.69, 9.17) is 8.92 Å². The maximum absolute atomic E-state index is 14.8. The monoisotopic (exact) mass is 664 g/mol. The molecule has 0 amide bonds. The van der Waals surface area contributed by atoms with E-state index in [0.717, 1.165) is 38.1 Å². The van der Waals surface area contributed by atoms with Gasteiger partial charge < -0.3 is 8.92 Å². The average Bonchev–Trinajstić information content (AvgIpc) is 2.96. The van der Waals surface area contributed by atoms with Crippen molar-refractivity contribution in [3.8, 4) is 5.75 Å². The van der Waals surface area contributed by atoms with E-state index in [2.05, 4.69) is 0 Å². The fourth-order valence-electron chi connectivity index (χ4n) is 7.23. The minimum absolute atomic E-state index is 0.280. The Hall–Kier alpha value is -3.00. The Morgan fingerprint density at radius 3 is 1.70 bits per heavy atom. The smallest absolute Gasteiger partial charge is 0.396 e. The van der Waals surface area contributed by atoms with Crippen LogP contribution in [-0.4, -0.2) is 34.7 Å². The summed E-state index contributed by atoms with van der Waals surface area (Å²) < 4.78 is 90.3. The van der Waals surface area contributed by atoms with Crippen LogP contribution in [-0.2, 0) is 40.8 Å². The summed E-state index contributed by atoms with van der Waals surface area (Å²) in [6.45, 7) is -1.80. The van der Waals surface area contributed by atoms with Crippen molar-refractivity contribution in [3.05, 3.63) is 84.9 Å². The number of rotatable bonds is 11. The van der Waals surface area contributed by atoms with Gasteiger partial charge in [-0.25, -0.2) is 8.42 Å². The number of alkyl halides is 2.